The van der Waals surface area contributed by atoms with Gasteiger partial charge in [-0.1, -0.05) is 44.3 Å². The molecular weight excluding hydrogens is 248 g/mol. The van der Waals surface area contributed by atoms with E-state index in [0.29, 0.717) is 6.42 Å². The van der Waals surface area contributed by atoms with Gasteiger partial charge in [-0.2, -0.15) is 0 Å². The van der Waals surface area contributed by atoms with Crippen LogP contribution >= 0.6 is 0 Å². The quantitative estimate of drug-likeness (QED) is 0.429. The van der Waals surface area contributed by atoms with Crippen LogP contribution in [-0.4, -0.2) is 12.1 Å². The van der Waals surface area contributed by atoms with E-state index in [-0.39, 0.29) is 12.1 Å². The predicted octanol–water partition coefficient (Wildman–Crippen LogP) is 5.56. The van der Waals surface area contributed by atoms with Crippen LogP contribution in [0, 0.1) is 0 Å². The van der Waals surface area contributed by atoms with Gasteiger partial charge in [0.05, 0.1) is 6.10 Å². The first-order valence-corrected chi connectivity index (χ1v) is 8.63. The van der Waals surface area contributed by atoms with Crippen molar-refractivity contribution in [1.82, 2.24) is 0 Å². The Labute approximate surface area is 125 Å². The summed E-state index contributed by atoms with van der Waals surface area (Å²) in [4.78, 5) is 11.7. The molecule has 1 heterocycles. The highest BCUT2D eigenvalue weighted by Gasteiger charge is 2.08. The van der Waals surface area contributed by atoms with Crippen molar-refractivity contribution in [3.05, 3.63) is 12.2 Å². The first-order chi connectivity index (χ1) is 9.79. The molecule has 0 aromatic carbocycles. The van der Waals surface area contributed by atoms with E-state index < -0.39 is 0 Å². The topological polar surface area (TPSA) is 26.3 Å². The van der Waals surface area contributed by atoms with Gasteiger partial charge in [0.25, 0.3) is 0 Å². The molecule has 2 nitrogen and oxygen atoms in total. The summed E-state index contributed by atoms with van der Waals surface area (Å²) in [5.74, 6) is 0.00143. The van der Waals surface area contributed by atoms with Crippen LogP contribution in [0.25, 0.3) is 0 Å². The van der Waals surface area contributed by atoms with Crippen LogP contribution in [0.2, 0.25) is 0 Å². The van der Waals surface area contributed by atoms with Crippen LogP contribution in [0.5, 0.6) is 0 Å². The smallest absolute Gasteiger partial charge is 0.306 e. The van der Waals surface area contributed by atoms with Crippen molar-refractivity contribution in [2.75, 3.05) is 0 Å². The Morgan fingerprint density at radius 1 is 0.850 bits per heavy atom. The molecule has 0 fully saturated rings. The number of carbonyl (C=O) groups is 1. The molecule has 0 unspecified atom stereocenters. The van der Waals surface area contributed by atoms with Crippen molar-refractivity contribution in [2.24, 2.45) is 0 Å². The molecule has 2 heteroatoms. The van der Waals surface area contributed by atoms with E-state index in [1.165, 1.54) is 57.8 Å². The molecule has 0 N–H and O–H groups in total. The second-order valence-corrected chi connectivity index (χ2v) is 6.07. The zero-order valence-corrected chi connectivity index (χ0v) is 13.2. The van der Waals surface area contributed by atoms with Crippen LogP contribution in [0.3, 0.4) is 0 Å². The Bertz CT molecular complexity index is 271. The summed E-state index contributed by atoms with van der Waals surface area (Å²) >= 11 is 0. The molecule has 20 heavy (non-hydrogen) atoms. The van der Waals surface area contributed by atoms with Gasteiger partial charge in [0.15, 0.2) is 0 Å². The monoisotopic (exact) mass is 280 g/mol. The van der Waals surface area contributed by atoms with Gasteiger partial charge < -0.3 is 4.74 Å². The van der Waals surface area contributed by atoms with Gasteiger partial charge >= 0.3 is 5.97 Å². The molecule has 0 saturated heterocycles. The Kier molecular flexibility index (Phi) is 10.3. The number of esters is 1. The molecular formula is C18H32O2. The van der Waals surface area contributed by atoms with Gasteiger partial charge in [0, 0.05) is 6.42 Å². The molecule has 0 aromatic rings. The van der Waals surface area contributed by atoms with Crippen molar-refractivity contribution in [3.8, 4) is 0 Å². The fourth-order valence-electron chi connectivity index (χ4n) is 2.69. The third kappa shape index (κ3) is 10.1. The van der Waals surface area contributed by atoms with Crippen LogP contribution in [-0.2, 0) is 9.53 Å². The molecule has 1 aliphatic rings. The molecule has 116 valence electrons. The number of carbonyl (C=O) groups excluding carboxylic acids is 1. The normalized spacial score (nSPS) is 25.4. The van der Waals surface area contributed by atoms with Gasteiger partial charge in [-0.3, -0.25) is 4.79 Å². The van der Waals surface area contributed by atoms with Crippen molar-refractivity contribution >= 4 is 5.97 Å². The average Bonchev–Trinajstić information content (AvgIpc) is 2.42. The van der Waals surface area contributed by atoms with Gasteiger partial charge in [-0.25, -0.2) is 0 Å². The molecule has 0 spiro atoms. The molecule has 0 bridgehead atoms. The van der Waals surface area contributed by atoms with Crippen molar-refractivity contribution in [3.63, 3.8) is 0 Å². The second-order valence-electron chi connectivity index (χ2n) is 6.07. The first kappa shape index (κ1) is 17.3. The minimum Gasteiger partial charge on any atom is -0.463 e. The lowest BCUT2D eigenvalue weighted by atomic mass is 10.1. The molecule has 0 amide bonds. The number of cyclic esters (lactones) is 1. The fourth-order valence-corrected chi connectivity index (χ4v) is 2.69. The van der Waals surface area contributed by atoms with Crippen molar-refractivity contribution in [2.45, 2.75) is 96.5 Å². The second kappa shape index (κ2) is 12.0. The van der Waals surface area contributed by atoms with E-state index in [1.54, 1.807) is 0 Å². The van der Waals surface area contributed by atoms with Crippen molar-refractivity contribution < 1.29 is 9.53 Å². The first-order valence-electron chi connectivity index (χ1n) is 8.63. The molecule has 1 rings (SSSR count). The van der Waals surface area contributed by atoms with Crippen LogP contribution < -0.4 is 0 Å². The lowest BCUT2D eigenvalue weighted by Gasteiger charge is -2.13. The largest absolute Gasteiger partial charge is 0.463 e. The van der Waals surface area contributed by atoms with E-state index in [1.807, 2.05) is 6.92 Å². The minimum atomic E-state index is 0.00143. The predicted molar refractivity (Wildman–Crippen MR) is 84.7 cm³/mol. The molecule has 0 radical (unpaired) electrons. The number of allylic oxidation sites excluding steroid dienone is 2. The summed E-state index contributed by atoms with van der Waals surface area (Å²) in [5.41, 5.74) is 0. The molecule has 1 atom stereocenters. The van der Waals surface area contributed by atoms with Gasteiger partial charge in [-0.15, -0.1) is 0 Å². The maximum absolute atomic E-state index is 11.7. The Hall–Kier alpha value is -0.790. The summed E-state index contributed by atoms with van der Waals surface area (Å²) in [5, 5.41) is 0. The summed E-state index contributed by atoms with van der Waals surface area (Å²) in [6.45, 7) is 2.03. The maximum atomic E-state index is 11.7. The van der Waals surface area contributed by atoms with Gasteiger partial charge in [-0.05, 0) is 51.9 Å². The van der Waals surface area contributed by atoms with Crippen molar-refractivity contribution in [1.29, 1.82) is 0 Å². The van der Waals surface area contributed by atoms with E-state index in [9.17, 15) is 4.79 Å². The number of ether oxygens (including phenoxy) is 1. The summed E-state index contributed by atoms with van der Waals surface area (Å²) in [6, 6.07) is 0. The lowest BCUT2D eigenvalue weighted by molar-refractivity contribution is -0.148. The zero-order chi connectivity index (χ0) is 14.5. The van der Waals surface area contributed by atoms with Gasteiger partial charge in [0.2, 0.25) is 0 Å². The lowest BCUT2D eigenvalue weighted by Crippen LogP contribution is -2.14. The van der Waals surface area contributed by atoms with Crippen LogP contribution in [0.1, 0.15) is 90.4 Å². The Morgan fingerprint density at radius 3 is 2.10 bits per heavy atom. The zero-order valence-electron chi connectivity index (χ0n) is 13.2. The highest BCUT2D eigenvalue weighted by molar-refractivity contribution is 5.69. The minimum absolute atomic E-state index is 0.00143. The Morgan fingerprint density at radius 2 is 1.40 bits per heavy atom. The number of hydrogen-bond acceptors (Lipinski definition) is 2. The van der Waals surface area contributed by atoms with Crippen LogP contribution in [0.4, 0.5) is 0 Å². The fraction of sp³-hybridized carbons (Fsp3) is 0.833. The third-order valence-corrected chi connectivity index (χ3v) is 3.98. The van der Waals surface area contributed by atoms with E-state index in [2.05, 4.69) is 12.2 Å². The van der Waals surface area contributed by atoms with Gasteiger partial charge in [0.1, 0.15) is 0 Å². The standard InChI is InChI=1S/C18H32O2/c1-17-15-13-11-9-7-5-3-2-4-6-8-10-12-14-16-18(19)20-17/h2-3,17H,4-16H2,1H3/t17-/m1/s1. The molecule has 0 saturated carbocycles. The average molecular weight is 280 g/mol. The SMILES string of the molecule is C[C@@H]1CCCCCCC=CCCCCCCCC(=O)O1. The summed E-state index contributed by atoms with van der Waals surface area (Å²) < 4.78 is 5.45. The van der Waals surface area contributed by atoms with E-state index in [0.717, 1.165) is 19.3 Å². The number of hydrogen-bond donors (Lipinski definition) is 0. The highest BCUT2D eigenvalue weighted by atomic mass is 16.5. The summed E-state index contributed by atoms with van der Waals surface area (Å²) in [7, 11) is 0. The van der Waals surface area contributed by atoms with E-state index in [4.69, 9.17) is 4.74 Å². The van der Waals surface area contributed by atoms with Crippen LogP contribution in [0.15, 0.2) is 12.2 Å². The molecule has 0 aliphatic carbocycles. The maximum Gasteiger partial charge on any atom is 0.306 e. The highest BCUT2D eigenvalue weighted by Crippen LogP contribution is 2.13. The third-order valence-electron chi connectivity index (χ3n) is 3.98. The molecule has 1 aliphatic heterocycles. The van der Waals surface area contributed by atoms with E-state index >= 15 is 0 Å². The Balaban J connectivity index is 2.25. The summed E-state index contributed by atoms with van der Waals surface area (Å²) in [6.07, 6.45) is 19.9. The number of rotatable bonds is 0. The molecule has 0 aromatic heterocycles.